The minimum atomic E-state index is -0.538. The number of hydrogen-bond acceptors (Lipinski definition) is 4. The second-order valence-electron chi connectivity index (χ2n) is 3.95. The van der Waals surface area contributed by atoms with E-state index < -0.39 is 4.92 Å². The van der Waals surface area contributed by atoms with Gasteiger partial charge in [-0.1, -0.05) is 12.0 Å². The van der Waals surface area contributed by atoms with Crippen LogP contribution in [0, 0.1) is 33.8 Å². The third kappa shape index (κ3) is 2.74. The van der Waals surface area contributed by atoms with Crippen molar-refractivity contribution in [1.29, 1.82) is 5.26 Å². The molecule has 0 heterocycles. The van der Waals surface area contributed by atoms with Crippen LogP contribution in [-0.4, -0.2) is 4.92 Å². The van der Waals surface area contributed by atoms with E-state index in [0.717, 1.165) is 0 Å². The maximum absolute atomic E-state index is 10.7. The highest BCUT2D eigenvalue weighted by Crippen LogP contribution is 2.25. The van der Waals surface area contributed by atoms with E-state index in [9.17, 15) is 10.1 Å². The van der Waals surface area contributed by atoms with Crippen molar-refractivity contribution < 1.29 is 4.92 Å². The molecule has 96 valence electrons. The molecule has 0 saturated heterocycles. The molecule has 0 atom stereocenters. The Hall–Kier alpha value is -3.31. The second kappa shape index (κ2) is 5.55. The van der Waals surface area contributed by atoms with Gasteiger partial charge in [0, 0.05) is 23.4 Å². The average Bonchev–Trinajstić information content (AvgIpc) is 2.47. The maximum atomic E-state index is 10.7. The van der Waals surface area contributed by atoms with E-state index in [4.69, 9.17) is 11.7 Å². The predicted molar refractivity (Wildman–Crippen MR) is 75.5 cm³/mol. The Labute approximate surface area is 115 Å². The van der Waals surface area contributed by atoms with Crippen molar-refractivity contribution in [2.75, 3.05) is 5.32 Å². The van der Waals surface area contributed by atoms with Gasteiger partial charge in [-0.2, -0.15) is 5.26 Å². The summed E-state index contributed by atoms with van der Waals surface area (Å²) in [7, 11) is 0. The molecule has 0 unspecified atom stereocenters. The van der Waals surface area contributed by atoms with Crippen molar-refractivity contribution in [2.24, 2.45) is 0 Å². The average molecular weight is 263 g/mol. The zero-order valence-corrected chi connectivity index (χ0v) is 10.3. The summed E-state index contributed by atoms with van der Waals surface area (Å²) in [5, 5.41) is 22.8. The van der Waals surface area contributed by atoms with Crippen LogP contribution in [0.1, 0.15) is 11.1 Å². The zero-order valence-electron chi connectivity index (χ0n) is 10.3. The summed E-state index contributed by atoms with van der Waals surface area (Å²) in [5.41, 5.74) is 1.99. The standard InChI is InChI=1S/C15H9N3O2/c1-2-11-4-3-5-13(8-11)17-15-7-6-14(18(19)20)9-12(15)10-16/h1,3-9,17H. The number of nitriles is 1. The van der Waals surface area contributed by atoms with E-state index in [0.29, 0.717) is 16.9 Å². The van der Waals surface area contributed by atoms with Gasteiger partial charge < -0.3 is 5.32 Å². The van der Waals surface area contributed by atoms with Gasteiger partial charge in [0.2, 0.25) is 0 Å². The third-order valence-electron chi connectivity index (χ3n) is 2.64. The number of non-ortho nitro benzene ring substituents is 1. The van der Waals surface area contributed by atoms with Gasteiger partial charge in [0.1, 0.15) is 6.07 Å². The molecule has 0 spiro atoms. The molecule has 0 aromatic heterocycles. The molecule has 0 amide bonds. The summed E-state index contributed by atoms with van der Waals surface area (Å²) < 4.78 is 0. The van der Waals surface area contributed by atoms with E-state index in [1.807, 2.05) is 6.07 Å². The largest absolute Gasteiger partial charge is 0.354 e. The van der Waals surface area contributed by atoms with Crippen LogP contribution in [-0.2, 0) is 0 Å². The Bertz CT molecular complexity index is 754. The summed E-state index contributed by atoms with van der Waals surface area (Å²) >= 11 is 0. The SMILES string of the molecule is C#Cc1cccc(Nc2ccc([N+](=O)[O-])cc2C#N)c1. The van der Waals surface area contributed by atoms with Crippen molar-refractivity contribution in [1.82, 2.24) is 0 Å². The summed E-state index contributed by atoms with van der Waals surface area (Å²) in [6.45, 7) is 0. The number of nitro groups is 1. The highest BCUT2D eigenvalue weighted by Gasteiger charge is 2.10. The van der Waals surface area contributed by atoms with Crippen LogP contribution in [0.4, 0.5) is 17.1 Å². The van der Waals surface area contributed by atoms with Gasteiger partial charge in [-0.05, 0) is 24.3 Å². The van der Waals surface area contributed by atoms with E-state index in [2.05, 4.69) is 11.2 Å². The van der Waals surface area contributed by atoms with E-state index in [1.165, 1.54) is 18.2 Å². The summed E-state index contributed by atoms with van der Waals surface area (Å²) in [6.07, 6.45) is 5.32. The first kappa shape index (κ1) is 13.1. The van der Waals surface area contributed by atoms with Gasteiger partial charge in [-0.15, -0.1) is 6.42 Å². The molecule has 0 saturated carbocycles. The molecule has 2 aromatic rings. The number of benzene rings is 2. The first-order valence-electron chi connectivity index (χ1n) is 5.66. The number of nitrogens with one attached hydrogen (secondary N) is 1. The Kier molecular flexibility index (Phi) is 3.65. The van der Waals surface area contributed by atoms with Crippen LogP contribution in [0.15, 0.2) is 42.5 Å². The van der Waals surface area contributed by atoms with Gasteiger partial charge in [-0.25, -0.2) is 0 Å². The van der Waals surface area contributed by atoms with Crippen LogP contribution in [0.2, 0.25) is 0 Å². The van der Waals surface area contributed by atoms with Crippen molar-refractivity contribution in [3.05, 3.63) is 63.7 Å². The zero-order chi connectivity index (χ0) is 14.5. The highest BCUT2D eigenvalue weighted by atomic mass is 16.6. The molecule has 5 nitrogen and oxygen atoms in total. The fourth-order valence-corrected chi connectivity index (χ4v) is 1.69. The molecule has 1 N–H and O–H groups in total. The molecule has 0 aliphatic carbocycles. The van der Waals surface area contributed by atoms with E-state index >= 15 is 0 Å². The van der Waals surface area contributed by atoms with Crippen LogP contribution in [0.25, 0.3) is 0 Å². The van der Waals surface area contributed by atoms with Gasteiger partial charge in [0.15, 0.2) is 0 Å². The predicted octanol–water partition coefficient (Wildman–Crippen LogP) is 3.19. The van der Waals surface area contributed by atoms with E-state index in [-0.39, 0.29) is 11.3 Å². The molecule has 0 fully saturated rings. The third-order valence-corrected chi connectivity index (χ3v) is 2.64. The quantitative estimate of drug-likeness (QED) is 0.524. The number of nitro benzene ring substituents is 1. The molecule has 0 aliphatic heterocycles. The Morgan fingerprint density at radius 1 is 1.25 bits per heavy atom. The Balaban J connectivity index is 2.36. The number of anilines is 2. The van der Waals surface area contributed by atoms with Crippen molar-refractivity contribution >= 4 is 17.1 Å². The first-order chi connectivity index (χ1) is 9.63. The lowest BCUT2D eigenvalue weighted by molar-refractivity contribution is -0.384. The molecular weight excluding hydrogens is 254 g/mol. The normalized spacial score (nSPS) is 9.30. The summed E-state index contributed by atoms with van der Waals surface area (Å²) in [6, 6.07) is 13.1. The number of rotatable bonds is 3. The molecule has 0 aliphatic rings. The van der Waals surface area contributed by atoms with Crippen LogP contribution < -0.4 is 5.32 Å². The topological polar surface area (TPSA) is 79.0 Å². The van der Waals surface area contributed by atoms with Gasteiger partial charge >= 0.3 is 0 Å². The van der Waals surface area contributed by atoms with Crippen LogP contribution in [0.3, 0.4) is 0 Å². The lowest BCUT2D eigenvalue weighted by Gasteiger charge is -2.08. The van der Waals surface area contributed by atoms with E-state index in [1.54, 1.807) is 24.3 Å². The molecule has 20 heavy (non-hydrogen) atoms. The molecule has 5 heteroatoms. The van der Waals surface area contributed by atoms with Crippen molar-refractivity contribution in [2.45, 2.75) is 0 Å². The Morgan fingerprint density at radius 2 is 2.05 bits per heavy atom. The van der Waals surface area contributed by atoms with Crippen molar-refractivity contribution in [3.63, 3.8) is 0 Å². The minimum Gasteiger partial charge on any atom is -0.354 e. The highest BCUT2D eigenvalue weighted by molar-refractivity contribution is 5.69. The molecule has 0 radical (unpaired) electrons. The number of terminal acetylenes is 1. The first-order valence-corrected chi connectivity index (χ1v) is 5.66. The van der Waals surface area contributed by atoms with Gasteiger partial charge in [0.25, 0.3) is 5.69 Å². The summed E-state index contributed by atoms with van der Waals surface area (Å²) in [4.78, 5) is 10.1. The Morgan fingerprint density at radius 3 is 2.70 bits per heavy atom. The monoisotopic (exact) mass is 263 g/mol. The number of nitrogens with zero attached hydrogens (tertiary/aromatic N) is 2. The molecule has 2 rings (SSSR count). The lowest BCUT2D eigenvalue weighted by atomic mass is 10.1. The van der Waals surface area contributed by atoms with Crippen LogP contribution in [0.5, 0.6) is 0 Å². The van der Waals surface area contributed by atoms with Crippen molar-refractivity contribution in [3.8, 4) is 18.4 Å². The van der Waals surface area contributed by atoms with Gasteiger partial charge in [0.05, 0.1) is 16.2 Å². The van der Waals surface area contributed by atoms with Crippen LogP contribution >= 0.6 is 0 Å². The second-order valence-corrected chi connectivity index (χ2v) is 3.95. The fraction of sp³-hybridized carbons (Fsp3) is 0. The lowest BCUT2D eigenvalue weighted by Crippen LogP contribution is -1.96. The smallest absolute Gasteiger partial charge is 0.270 e. The number of hydrogen-bond donors (Lipinski definition) is 1. The molecule has 2 aromatic carbocycles. The fourth-order valence-electron chi connectivity index (χ4n) is 1.69. The van der Waals surface area contributed by atoms with Gasteiger partial charge in [-0.3, -0.25) is 10.1 Å². The maximum Gasteiger partial charge on any atom is 0.270 e. The minimum absolute atomic E-state index is 0.121. The summed E-state index contributed by atoms with van der Waals surface area (Å²) in [5.74, 6) is 2.51. The molecular formula is C15H9N3O2. The molecule has 0 bridgehead atoms.